The van der Waals surface area contributed by atoms with Gasteiger partial charge >= 0.3 is 0 Å². The summed E-state index contributed by atoms with van der Waals surface area (Å²) < 4.78 is 12.7. The van der Waals surface area contributed by atoms with E-state index in [0.29, 0.717) is 12.1 Å². The van der Waals surface area contributed by atoms with Crippen molar-refractivity contribution in [3.8, 4) is 0 Å². The van der Waals surface area contributed by atoms with Gasteiger partial charge in [-0.3, -0.25) is 9.59 Å². The van der Waals surface area contributed by atoms with Gasteiger partial charge in [0, 0.05) is 18.2 Å². The Hall–Kier alpha value is -1.66. The number of halogens is 2. The van der Waals surface area contributed by atoms with Crippen molar-refractivity contribution in [2.75, 3.05) is 11.9 Å². The maximum absolute atomic E-state index is 12.7. The molecule has 1 aromatic rings. The van der Waals surface area contributed by atoms with E-state index in [1.165, 1.54) is 24.3 Å². The number of amides is 2. The average molecular weight is 330 g/mol. The van der Waals surface area contributed by atoms with Crippen molar-refractivity contribution >= 4 is 29.9 Å². The molecule has 0 spiro atoms. The number of anilines is 1. The van der Waals surface area contributed by atoms with E-state index in [1.807, 2.05) is 0 Å². The van der Waals surface area contributed by atoms with E-state index >= 15 is 0 Å². The fraction of sp³-hybridized carbons (Fsp3) is 0.467. The third-order valence-electron chi connectivity index (χ3n) is 3.74. The average Bonchev–Trinajstić information content (AvgIpc) is 2.85. The zero-order valence-electron chi connectivity index (χ0n) is 12.2. The molecular formula is C15H21ClFN3O2. The van der Waals surface area contributed by atoms with E-state index in [9.17, 15) is 14.0 Å². The molecule has 122 valence electrons. The number of nitrogens with one attached hydrogen (secondary N) is 2. The molecule has 5 nitrogen and oxygen atoms in total. The zero-order valence-corrected chi connectivity index (χ0v) is 13.0. The summed E-state index contributed by atoms with van der Waals surface area (Å²) in [7, 11) is 0. The summed E-state index contributed by atoms with van der Waals surface area (Å²) in [6.45, 7) is -0.0990. The van der Waals surface area contributed by atoms with Gasteiger partial charge in [-0.25, -0.2) is 4.39 Å². The van der Waals surface area contributed by atoms with Crippen LogP contribution in [0.25, 0.3) is 0 Å². The Labute approximate surface area is 135 Å². The molecule has 1 aromatic carbocycles. The first-order valence-corrected chi connectivity index (χ1v) is 7.12. The Morgan fingerprint density at radius 2 is 1.86 bits per heavy atom. The molecule has 0 bridgehead atoms. The van der Waals surface area contributed by atoms with Gasteiger partial charge < -0.3 is 16.4 Å². The first kappa shape index (κ1) is 18.4. The minimum absolute atomic E-state index is 0. The first-order valence-electron chi connectivity index (χ1n) is 7.12. The van der Waals surface area contributed by atoms with Crippen LogP contribution in [0, 0.1) is 11.7 Å². The lowest BCUT2D eigenvalue weighted by Crippen LogP contribution is -2.36. The second-order valence-corrected chi connectivity index (χ2v) is 5.39. The molecule has 0 aromatic heterocycles. The van der Waals surface area contributed by atoms with Crippen LogP contribution >= 0.6 is 12.4 Å². The lowest BCUT2D eigenvalue weighted by molar-refractivity contribution is -0.124. The fourth-order valence-corrected chi connectivity index (χ4v) is 2.55. The molecule has 1 saturated carbocycles. The maximum Gasteiger partial charge on any atom is 0.243 e. The third kappa shape index (κ3) is 5.61. The highest BCUT2D eigenvalue weighted by Gasteiger charge is 2.25. The number of hydrogen-bond donors (Lipinski definition) is 3. The quantitative estimate of drug-likeness (QED) is 0.770. The normalized spacial score (nSPS) is 20.1. The summed E-state index contributed by atoms with van der Waals surface area (Å²) in [5, 5.41) is 5.16. The van der Waals surface area contributed by atoms with Gasteiger partial charge in [-0.05, 0) is 43.0 Å². The zero-order chi connectivity index (χ0) is 15.2. The highest BCUT2D eigenvalue weighted by molar-refractivity contribution is 5.94. The Morgan fingerprint density at radius 3 is 2.45 bits per heavy atom. The van der Waals surface area contributed by atoms with Crippen molar-refractivity contribution in [3.05, 3.63) is 30.1 Å². The van der Waals surface area contributed by atoms with E-state index in [-0.39, 0.29) is 48.5 Å². The van der Waals surface area contributed by atoms with Gasteiger partial charge in [-0.15, -0.1) is 12.4 Å². The molecule has 0 heterocycles. The van der Waals surface area contributed by atoms with Crippen molar-refractivity contribution in [2.45, 2.75) is 31.7 Å². The van der Waals surface area contributed by atoms with Crippen LogP contribution in [0.15, 0.2) is 24.3 Å². The van der Waals surface area contributed by atoms with Gasteiger partial charge in [0.1, 0.15) is 5.82 Å². The summed E-state index contributed by atoms with van der Waals surface area (Å²) >= 11 is 0. The van der Waals surface area contributed by atoms with Crippen molar-refractivity contribution < 1.29 is 14.0 Å². The van der Waals surface area contributed by atoms with Crippen LogP contribution in [-0.2, 0) is 9.59 Å². The highest BCUT2D eigenvalue weighted by atomic mass is 35.5. The van der Waals surface area contributed by atoms with Gasteiger partial charge in [-0.1, -0.05) is 6.42 Å². The molecule has 1 aliphatic carbocycles. The van der Waals surface area contributed by atoms with Crippen LogP contribution in [0.2, 0.25) is 0 Å². The Kier molecular flexibility index (Phi) is 7.27. The Balaban J connectivity index is 0.00000242. The minimum atomic E-state index is -0.366. The second kappa shape index (κ2) is 8.70. The molecule has 4 N–H and O–H groups in total. The smallest absolute Gasteiger partial charge is 0.243 e. The molecule has 0 unspecified atom stereocenters. The van der Waals surface area contributed by atoms with Crippen LogP contribution in [0.3, 0.4) is 0 Å². The lowest BCUT2D eigenvalue weighted by atomic mass is 10.00. The molecule has 1 fully saturated rings. The number of rotatable bonds is 5. The van der Waals surface area contributed by atoms with Crippen molar-refractivity contribution in [3.63, 3.8) is 0 Å². The van der Waals surface area contributed by atoms with E-state index in [4.69, 9.17) is 5.73 Å². The number of carbonyl (C=O) groups excluding carboxylic acids is 2. The minimum Gasteiger partial charge on any atom is -0.347 e. The van der Waals surface area contributed by atoms with Crippen LogP contribution in [-0.4, -0.2) is 24.4 Å². The largest absolute Gasteiger partial charge is 0.347 e. The summed E-state index contributed by atoms with van der Waals surface area (Å²) in [4.78, 5) is 23.4. The molecule has 0 saturated heterocycles. The Bertz CT molecular complexity index is 510. The summed E-state index contributed by atoms with van der Waals surface area (Å²) in [5.74, 6) is -0.656. The molecule has 2 amide bonds. The van der Waals surface area contributed by atoms with Gasteiger partial charge in [0.05, 0.1) is 6.54 Å². The van der Waals surface area contributed by atoms with Crippen LogP contribution in [0.1, 0.15) is 25.7 Å². The molecule has 22 heavy (non-hydrogen) atoms. The van der Waals surface area contributed by atoms with Crippen LogP contribution in [0.4, 0.5) is 10.1 Å². The molecule has 2 atom stereocenters. The molecule has 2 rings (SSSR count). The Morgan fingerprint density at radius 1 is 1.18 bits per heavy atom. The molecule has 0 aliphatic heterocycles. The van der Waals surface area contributed by atoms with Gasteiger partial charge in [-0.2, -0.15) is 0 Å². The number of benzene rings is 1. The summed E-state index contributed by atoms with van der Waals surface area (Å²) in [6.07, 6.45) is 3.36. The SMILES string of the molecule is Cl.N[C@@H]1CCC[C@H]1CC(=O)NCC(=O)Nc1ccc(F)cc1. The van der Waals surface area contributed by atoms with Crippen molar-refractivity contribution in [1.82, 2.24) is 5.32 Å². The van der Waals surface area contributed by atoms with Crippen LogP contribution < -0.4 is 16.4 Å². The molecular weight excluding hydrogens is 309 g/mol. The summed E-state index contributed by atoms with van der Waals surface area (Å²) in [5.41, 5.74) is 6.40. The van der Waals surface area contributed by atoms with E-state index in [1.54, 1.807) is 0 Å². The third-order valence-corrected chi connectivity index (χ3v) is 3.74. The van der Waals surface area contributed by atoms with Gasteiger partial charge in [0.2, 0.25) is 11.8 Å². The first-order chi connectivity index (χ1) is 10.0. The van der Waals surface area contributed by atoms with E-state index < -0.39 is 0 Å². The van der Waals surface area contributed by atoms with E-state index in [2.05, 4.69) is 10.6 Å². The monoisotopic (exact) mass is 329 g/mol. The van der Waals surface area contributed by atoms with E-state index in [0.717, 1.165) is 19.3 Å². The molecule has 7 heteroatoms. The lowest BCUT2D eigenvalue weighted by Gasteiger charge is -2.14. The standard InChI is InChI=1S/C15H20FN3O2.ClH/c16-11-4-6-12(7-5-11)19-15(21)9-18-14(20)8-10-2-1-3-13(10)17;/h4-7,10,13H,1-3,8-9,17H2,(H,18,20)(H,19,21);1H/t10-,13+;/m0./s1. The predicted octanol–water partition coefficient (Wildman–Crippen LogP) is 1.82. The number of hydrogen-bond acceptors (Lipinski definition) is 3. The highest BCUT2D eigenvalue weighted by Crippen LogP contribution is 2.26. The predicted molar refractivity (Wildman–Crippen MR) is 85.2 cm³/mol. The fourth-order valence-electron chi connectivity index (χ4n) is 2.55. The number of nitrogens with two attached hydrogens (primary N) is 1. The number of carbonyl (C=O) groups is 2. The van der Waals surface area contributed by atoms with Crippen molar-refractivity contribution in [2.24, 2.45) is 11.7 Å². The van der Waals surface area contributed by atoms with Gasteiger partial charge in [0.25, 0.3) is 0 Å². The van der Waals surface area contributed by atoms with Crippen molar-refractivity contribution in [1.29, 1.82) is 0 Å². The maximum atomic E-state index is 12.7. The topological polar surface area (TPSA) is 84.2 Å². The molecule has 1 aliphatic rings. The van der Waals surface area contributed by atoms with Crippen LogP contribution in [0.5, 0.6) is 0 Å². The second-order valence-electron chi connectivity index (χ2n) is 5.39. The summed E-state index contributed by atoms with van der Waals surface area (Å²) in [6, 6.07) is 5.54. The van der Waals surface area contributed by atoms with Gasteiger partial charge in [0.15, 0.2) is 0 Å². The molecule has 0 radical (unpaired) electrons.